The summed E-state index contributed by atoms with van der Waals surface area (Å²) in [6.07, 6.45) is 6.83. The van der Waals surface area contributed by atoms with E-state index >= 15 is 0 Å². The molecule has 0 spiro atoms. The lowest BCUT2D eigenvalue weighted by molar-refractivity contribution is -0.118. The fraction of sp³-hybridized carbons (Fsp3) is 0.317. The van der Waals surface area contributed by atoms with Gasteiger partial charge in [0.25, 0.3) is 5.91 Å². The first-order chi connectivity index (χ1) is 30.4. The van der Waals surface area contributed by atoms with Crippen molar-refractivity contribution in [2.45, 2.75) is 46.5 Å². The van der Waals surface area contributed by atoms with Crippen LogP contribution in [-0.2, 0) is 23.7 Å². The Morgan fingerprint density at radius 1 is 0.698 bits per heavy atom. The number of nitrogens with two attached hydrogens (primary N) is 1. The smallest absolute Gasteiger partial charge is 0.273 e. The minimum absolute atomic E-state index is 0. The molecule has 20 nitrogen and oxygen atoms in total. The molecule has 0 radical (unpaired) electrons. The molecule has 0 bridgehead atoms. The average Bonchev–Trinajstić information content (AvgIpc) is 4.18. The third-order valence-corrected chi connectivity index (χ3v) is 9.65. The van der Waals surface area contributed by atoms with Gasteiger partial charge in [-0.15, -0.1) is 56.8 Å². The van der Waals surface area contributed by atoms with Crippen LogP contribution in [0.4, 0.5) is 34.4 Å². The van der Waals surface area contributed by atoms with Crippen molar-refractivity contribution in [2.75, 3.05) is 35.3 Å². The van der Waals surface area contributed by atoms with Gasteiger partial charge in [-0.05, 0) is 69.8 Å². The molecule has 2 aromatic carbocycles. The first kappa shape index (κ1) is 44.6. The van der Waals surface area contributed by atoms with Crippen LogP contribution >= 0.6 is 36.4 Å². The first-order valence-electron chi connectivity index (χ1n) is 20.7. The average molecular weight is 996 g/mol. The summed E-state index contributed by atoms with van der Waals surface area (Å²) >= 11 is 0. The second kappa shape index (κ2) is 22.1. The van der Waals surface area contributed by atoms with Gasteiger partial charge >= 0.3 is 0 Å². The SMILES string of the molecule is CC(=O)c1nnc(NC(=O)C2CC2)cc1Nc1cccc(-c2ncn(C)n2)c1C.CNC(=O)c1nnc(NC(=O)C2CC2)cc1Nc1cccc(-c2ncn(C)n2)c1C.Cl.I.[2H]C([2H])([2H])N. The van der Waals surface area contributed by atoms with Gasteiger partial charge in [-0.2, -0.15) is 10.2 Å². The van der Waals surface area contributed by atoms with E-state index in [-0.39, 0.29) is 83.1 Å². The predicted molar refractivity (Wildman–Crippen MR) is 252 cm³/mol. The maximum atomic E-state index is 12.3. The van der Waals surface area contributed by atoms with Gasteiger partial charge in [-0.25, -0.2) is 9.97 Å². The van der Waals surface area contributed by atoms with Gasteiger partial charge in [0.05, 0.1) is 11.4 Å². The molecule has 4 heterocycles. The van der Waals surface area contributed by atoms with Crippen LogP contribution in [0.15, 0.2) is 61.2 Å². The number of nitrogens with one attached hydrogen (secondary N) is 5. The summed E-state index contributed by atoms with van der Waals surface area (Å²) in [7, 11) is 5.14. The summed E-state index contributed by atoms with van der Waals surface area (Å²) in [6.45, 7) is 3.07. The van der Waals surface area contributed by atoms with E-state index in [9.17, 15) is 19.2 Å². The molecule has 2 saturated carbocycles. The highest BCUT2D eigenvalue weighted by Gasteiger charge is 2.31. The van der Waals surface area contributed by atoms with E-state index in [2.05, 4.69) is 72.9 Å². The Bertz CT molecular complexity index is 2700. The number of halogens is 2. The second-order valence-corrected chi connectivity index (χ2v) is 14.3. The molecule has 0 unspecified atom stereocenters. The van der Waals surface area contributed by atoms with Gasteiger partial charge in [0.2, 0.25) is 11.8 Å². The molecular weight excluding hydrogens is 943 g/mol. The molecule has 4 aromatic heterocycles. The summed E-state index contributed by atoms with van der Waals surface area (Å²) in [5.74, 6) is 1.16. The standard InChI is InChI=1S/C20H22N8O2.C20H21N7O2.CH5N.ClH.HI/c1-11-13(18-22-10-28(3)27-18)5-4-6-14(11)23-15-9-16(24-19(29)12-7-8-12)25-26-17(15)20(30)21-2;1-11-14(19-21-10-27(3)26-19)5-4-6-15(11)22-16-9-17(23-20(29)13-7-8-13)24-25-18(16)12(2)28;1-2;;/h4-6,9-10,12H,7-8H2,1-3H3,(H,21,30)(H2,23,24,25,29);4-6,9-10,13H,7-8H2,1-3H3,(H2,22,23,24,29);2H2,1H3;2*1H/i;;1D3;;. The lowest BCUT2D eigenvalue weighted by Crippen LogP contribution is -2.22. The van der Waals surface area contributed by atoms with E-state index in [1.807, 2.05) is 64.3 Å². The molecular formula is C41H50ClIN16O4. The quantitative estimate of drug-likeness (QED) is 0.0651. The summed E-state index contributed by atoms with van der Waals surface area (Å²) in [4.78, 5) is 57.1. The molecule has 8 rings (SSSR count). The van der Waals surface area contributed by atoms with Crippen LogP contribution in [0.5, 0.6) is 0 Å². The fourth-order valence-electron chi connectivity index (χ4n) is 6.03. The number of Topliss-reactive ketones (excluding diaryl/α,β-unsaturated/α-hetero) is 1. The van der Waals surface area contributed by atoms with E-state index in [1.54, 1.807) is 34.2 Å². The van der Waals surface area contributed by atoms with Crippen LogP contribution in [0, 0.1) is 25.7 Å². The molecule has 2 aliphatic rings. The normalized spacial score (nSPS) is 13.3. The van der Waals surface area contributed by atoms with E-state index < -0.39 is 6.98 Å². The zero-order valence-electron chi connectivity index (χ0n) is 38.3. The predicted octanol–water partition coefficient (Wildman–Crippen LogP) is 5.52. The van der Waals surface area contributed by atoms with Crippen LogP contribution in [0.3, 0.4) is 0 Å². The number of nitrogens with zero attached hydrogens (tertiary/aromatic N) is 10. The minimum Gasteiger partial charge on any atom is -0.354 e. The zero-order valence-corrected chi connectivity index (χ0v) is 38.4. The summed E-state index contributed by atoms with van der Waals surface area (Å²) in [5, 5.41) is 39.3. The number of benzene rings is 2. The minimum atomic E-state index is -2.25. The number of amides is 3. The topological polar surface area (TPSA) is 267 Å². The fourth-order valence-corrected chi connectivity index (χ4v) is 6.03. The molecule has 6 aromatic rings. The van der Waals surface area contributed by atoms with E-state index in [0.717, 1.165) is 59.3 Å². The van der Waals surface area contributed by atoms with Crippen LogP contribution in [0.25, 0.3) is 22.8 Å². The van der Waals surface area contributed by atoms with Crippen LogP contribution in [0.2, 0.25) is 0 Å². The van der Waals surface area contributed by atoms with Gasteiger partial charge < -0.3 is 32.3 Å². The molecule has 3 amide bonds. The van der Waals surface area contributed by atoms with Gasteiger partial charge in [0, 0.05) is 78.6 Å². The van der Waals surface area contributed by atoms with Crippen molar-refractivity contribution >= 4 is 94.3 Å². The molecule has 0 aliphatic heterocycles. The summed E-state index contributed by atoms with van der Waals surface area (Å²) in [5.41, 5.74) is 10.7. The third-order valence-electron chi connectivity index (χ3n) is 9.65. The van der Waals surface area contributed by atoms with E-state index in [1.165, 1.54) is 14.0 Å². The van der Waals surface area contributed by atoms with Crippen molar-refractivity contribution in [2.24, 2.45) is 31.7 Å². The van der Waals surface area contributed by atoms with Crippen molar-refractivity contribution in [1.82, 2.24) is 55.2 Å². The van der Waals surface area contributed by atoms with Crippen molar-refractivity contribution in [3.8, 4) is 22.8 Å². The third kappa shape index (κ3) is 12.3. The highest BCUT2D eigenvalue weighted by atomic mass is 127. The molecule has 7 N–H and O–H groups in total. The number of aromatic nitrogens is 10. The largest absolute Gasteiger partial charge is 0.354 e. The summed E-state index contributed by atoms with van der Waals surface area (Å²) in [6, 6.07) is 14.7. The van der Waals surface area contributed by atoms with Gasteiger partial charge in [-0.1, -0.05) is 24.3 Å². The number of anilines is 6. The maximum Gasteiger partial charge on any atom is 0.273 e. The van der Waals surface area contributed by atoms with Crippen molar-refractivity contribution < 1.29 is 23.3 Å². The molecule has 2 aliphatic carbocycles. The van der Waals surface area contributed by atoms with Crippen LogP contribution in [0.1, 0.15) is 68.8 Å². The molecule has 2 fully saturated rings. The number of hydrogen-bond acceptors (Lipinski definition) is 15. The Labute approximate surface area is 391 Å². The van der Waals surface area contributed by atoms with Gasteiger partial charge in [0.15, 0.2) is 40.5 Å². The Morgan fingerprint density at radius 2 is 1.11 bits per heavy atom. The molecule has 22 heteroatoms. The number of carbonyl (C=O) groups is 4. The number of carbonyl (C=O) groups excluding carboxylic acids is 4. The van der Waals surface area contributed by atoms with Crippen molar-refractivity contribution in [1.29, 1.82) is 0 Å². The molecule has 63 heavy (non-hydrogen) atoms. The number of rotatable bonds is 12. The second-order valence-electron chi connectivity index (χ2n) is 14.3. The van der Waals surface area contributed by atoms with Gasteiger partial charge in [0.1, 0.15) is 12.7 Å². The van der Waals surface area contributed by atoms with Crippen molar-refractivity contribution in [3.63, 3.8) is 0 Å². The first-order valence-corrected chi connectivity index (χ1v) is 19.2. The molecule has 0 saturated heterocycles. The summed E-state index contributed by atoms with van der Waals surface area (Å²) < 4.78 is 21.4. The van der Waals surface area contributed by atoms with Gasteiger partial charge in [-0.3, -0.25) is 28.5 Å². The highest BCUT2D eigenvalue weighted by molar-refractivity contribution is 14.0. The molecule has 0 atom stereocenters. The van der Waals surface area contributed by atoms with Crippen LogP contribution in [-0.4, -0.2) is 87.5 Å². The van der Waals surface area contributed by atoms with Crippen LogP contribution < -0.4 is 32.3 Å². The Hall–Kier alpha value is -6.46. The number of ketones is 1. The zero-order chi connectivity index (χ0) is 46.3. The Kier molecular flexibility index (Phi) is 15.6. The van der Waals surface area contributed by atoms with Crippen molar-refractivity contribution in [3.05, 3.63) is 83.7 Å². The monoisotopic (exact) mass is 995 g/mol. The highest BCUT2D eigenvalue weighted by Crippen LogP contribution is 2.34. The maximum absolute atomic E-state index is 12.3. The van der Waals surface area contributed by atoms with E-state index in [0.29, 0.717) is 34.7 Å². The molecule has 332 valence electrons. The number of aryl methyl sites for hydroxylation is 2. The lowest BCUT2D eigenvalue weighted by Gasteiger charge is -2.15. The van der Waals surface area contributed by atoms with E-state index in [4.69, 9.17) is 4.11 Å². The number of hydrogen-bond donors (Lipinski definition) is 6. The lowest BCUT2D eigenvalue weighted by atomic mass is 10.1. The Morgan fingerprint density at radius 3 is 1.48 bits per heavy atom. The Balaban J connectivity index is 0.000000255.